The van der Waals surface area contributed by atoms with Gasteiger partial charge in [0, 0.05) is 24.2 Å². The first kappa shape index (κ1) is 20.4. The third-order valence-corrected chi connectivity index (χ3v) is 5.93. The maximum atomic E-state index is 13.3. The number of carbonyl (C=O) groups excluding carboxylic acids is 1. The van der Waals surface area contributed by atoms with Gasteiger partial charge in [-0.1, -0.05) is 30.4 Å². The quantitative estimate of drug-likeness (QED) is 0.765. The number of carbonyl (C=O) groups is 1. The number of fused-ring (bicyclic) bond motifs is 1. The molecule has 1 aromatic heterocycles. The Morgan fingerprint density at radius 3 is 2.79 bits per heavy atom. The maximum Gasteiger partial charge on any atom is 0.226 e. The SMILES string of the molecule is C=C/C=C(/C)C/C=C1\CN(C(=O)C2CCC(CN)CC2)Cc2cnn(C)c2N1. The number of amides is 1. The molecule has 3 rings (SSSR count). The van der Waals surface area contributed by atoms with Crippen LogP contribution in [0.1, 0.15) is 44.6 Å². The number of hydrogen-bond acceptors (Lipinski definition) is 4. The van der Waals surface area contributed by atoms with Crippen LogP contribution in [0.15, 0.2) is 42.3 Å². The van der Waals surface area contributed by atoms with Crippen molar-refractivity contribution >= 4 is 11.7 Å². The minimum Gasteiger partial charge on any atom is -0.342 e. The predicted octanol–water partition coefficient (Wildman–Crippen LogP) is 3.35. The van der Waals surface area contributed by atoms with Crippen LogP contribution in [0.3, 0.4) is 0 Å². The maximum absolute atomic E-state index is 13.3. The van der Waals surface area contributed by atoms with E-state index in [1.165, 1.54) is 5.57 Å². The Morgan fingerprint density at radius 1 is 1.36 bits per heavy atom. The van der Waals surface area contributed by atoms with Gasteiger partial charge in [0.25, 0.3) is 0 Å². The van der Waals surface area contributed by atoms with Crippen molar-refractivity contribution in [1.82, 2.24) is 14.7 Å². The smallest absolute Gasteiger partial charge is 0.226 e. The zero-order chi connectivity index (χ0) is 20.1. The second kappa shape index (κ2) is 9.24. The van der Waals surface area contributed by atoms with Crippen molar-refractivity contribution in [2.75, 3.05) is 18.4 Å². The van der Waals surface area contributed by atoms with E-state index in [0.717, 1.165) is 55.7 Å². The third-order valence-electron chi connectivity index (χ3n) is 5.93. The van der Waals surface area contributed by atoms with Gasteiger partial charge in [-0.3, -0.25) is 9.48 Å². The van der Waals surface area contributed by atoms with E-state index >= 15 is 0 Å². The highest BCUT2D eigenvalue weighted by atomic mass is 16.2. The highest BCUT2D eigenvalue weighted by Crippen LogP contribution is 2.31. The van der Waals surface area contributed by atoms with Crippen LogP contribution in [0.2, 0.25) is 0 Å². The van der Waals surface area contributed by atoms with Crippen LogP contribution in [-0.2, 0) is 18.4 Å². The molecular formula is C22H33N5O. The van der Waals surface area contributed by atoms with Crippen LogP contribution in [0.25, 0.3) is 0 Å². The molecule has 6 nitrogen and oxygen atoms in total. The van der Waals surface area contributed by atoms with Crippen LogP contribution in [0, 0.1) is 11.8 Å². The van der Waals surface area contributed by atoms with Gasteiger partial charge < -0.3 is 16.0 Å². The lowest BCUT2D eigenvalue weighted by molar-refractivity contribution is -0.137. The lowest BCUT2D eigenvalue weighted by atomic mass is 9.81. The molecule has 28 heavy (non-hydrogen) atoms. The second-order valence-electron chi connectivity index (χ2n) is 8.10. The van der Waals surface area contributed by atoms with E-state index in [-0.39, 0.29) is 11.8 Å². The first-order chi connectivity index (χ1) is 13.5. The van der Waals surface area contributed by atoms with E-state index in [4.69, 9.17) is 5.73 Å². The summed E-state index contributed by atoms with van der Waals surface area (Å²) in [6, 6.07) is 0. The summed E-state index contributed by atoms with van der Waals surface area (Å²) < 4.78 is 1.84. The average Bonchev–Trinajstić information content (AvgIpc) is 2.93. The Morgan fingerprint density at radius 2 is 2.11 bits per heavy atom. The summed E-state index contributed by atoms with van der Waals surface area (Å²) in [5.41, 5.74) is 9.15. The molecule has 1 aromatic rings. The van der Waals surface area contributed by atoms with Crippen molar-refractivity contribution < 1.29 is 4.79 Å². The van der Waals surface area contributed by atoms with Gasteiger partial charge in [0.05, 0.1) is 19.3 Å². The molecular weight excluding hydrogens is 350 g/mol. The van der Waals surface area contributed by atoms with E-state index in [1.54, 1.807) is 6.08 Å². The molecule has 0 spiro atoms. The standard InChI is InChI=1S/C22H33N5O/c1-4-5-16(2)6-11-20-15-27(14-19-13-24-26(3)21(19)25-20)22(28)18-9-7-17(12-23)8-10-18/h4-5,11,13,17-18,25H,1,6-10,12,14-15,23H2,2-3H3/b16-5-,20-11+. The number of nitrogens with one attached hydrogen (secondary N) is 1. The van der Waals surface area contributed by atoms with Crippen molar-refractivity contribution in [3.63, 3.8) is 0 Å². The summed E-state index contributed by atoms with van der Waals surface area (Å²) in [5.74, 6) is 1.93. The molecule has 0 bridgehead atoms. The average molecular weight is 384 g/mol. The van der Waals surface area contributed by atoms with Crippen LogP contribution in [0.4, 0.5) is 5.82 Å². The van der Waals surface area contributed by atoms with Gasteiger partial charge in [-0.15, -0.1) is 0 Å². The number of rotatable bonds is 5. The molecule has 2 heterocycles. The Bertz CT molecular complexity index is 768. The topological polar surface area (TPSA) is 76.2 Å². The van der Waals surface area contributed by atoms with Crippen molar-refractivity contribution in [3.8, 4) is 0 Å². The lowest BCUT2D eigenvalue weighted by Crippen LogP contribution is -2.38. The Hall–Kier alpha value is -2.34. The zero-order valence-corrected chi connectivity index (χ0v) is 17.2. The van der Waals surface area contributed by atoms with E-state index in [2.05, 4.69) is 30.0 Å². The van der Waals surface area contributed by atoms with Gasteiger partial charge in [-0.25, -0.2) is 0 Å². The fourth-order valence-electron chi connectivity index (χ4n) is 4.15. The first-order valence-electron chi connectivity index (χ1n) is 10.3. The molecule has 6 heteroatoms. The number of allylic oxidation sites excluding steroid dienone is 4. The summed E-state index contributed by atoms with van der Waals surface area (Å²) in [6.07, 6.45) is 12.7. The molecule has 0 saturated heterocycles. The van der Waals surface area contributed by atoms with Gasteiger partial charge in [-0.2, -0.15) is 5.10 Å². The third kappa shape index (κ3) is 4.73. The van der Waals surface area contributed by atoms with E-state index in [0.29, 0.717) is 19.0 Å². The molecule has 0 atom stereocenters. The Labute approximate surface area is 168 Å². The fourth-order valence-corrected chi connectivity index (χ4v) is 4.15. The monoisotopic (exact) mass is 383 g/mol. The number of aromatic nitrogens is 2. The van der Waals surface area contributed by atoms with Crippen LogP contribution in [-0.4, -0.2) is 33.7 Å². The van der Waals surface area contributed by atoms with Gasteiger partial charge in [0.15, 0.2) is 0 Å². The highest BCUT2D eigenvalue weighted by Gasteiger charge is 2.31. The Kier molecular flexibility index (Phi) is 6.73. The van der Waals surface area contributed by atoms with Gasteiger partial charge in [0.1, 0.15) is 5.82 Å². The minimum atomic E-state index is 0.115. The normalized spacial score (nSPS) is 24.5. The fraction of sp³-hybridized carbons (Fsp3) is 0.545. The largest absolute Gasteiger partial charge is 0.342 e. The number of aryl methyl sites for hydroxylation is 1. The molecule has 1 saturated carbocycles. The van der Waals surface area contributed by atoms with Crippen LogP contribution >= 0.6 is 0 Å². The van der Waals surface area contributed by atoms with Crippen molar-refractivity contribution in [1.29, 1.82) is 0 Å². The van der Waals surface area contributed by atoms with E-state index in [1.807, 2.05) is 28.9 Å². The van der Waals surface area contributed by atoms with E-state index in [9.17, 15) is 4.79 Å². The highest BCUT2D eigenvalue weighted by molar-refractivity contribution is 5.80. The lowest BCUT2D eigenvalue weighted by Gasteiger charge is -2.31. The Balaban J connectivity index is 1.78. The molecule has 0 radical (unpaired) electrons. The summed E-state index contributed by atoms with van der Waals surface area (Å²) in [6.45, 7) is 7.78. The van der Waals surface area contributed by atoms with Gasteiger partial charge in [0.2, 0.25) is 5.91 Å². The van der Waals surface area contributed by atoms with Crippen LogP contribution in [0.5, 0.6) is 0 Å². The first-order valence-corrected chi connectivity index (χ1v) is 10.3. The summed E-state index contributed by atoms with van der Waals surface area (Å²) in [7, 11) is 1.93. The molecule has 1 aliphatic heterocycles. The predicted molar refractivity (Wildman–Crippen MR) is 113 cm³/mol. The molecule has 1 amide bonds. The van der Waals surface area contributed by atoms with Crippen molar-refractivity contribution in [3.05, 3.63) is 47.8 Å². The van der Waals surface area contributed by atoms with Gasteiger partial charge in [-0.05, 0) is 51.5 Å². The molecule has 152 valence electrons. The summed E-state index contributed by atoms with van der Waals surface area (Å²) in [5, 5.41) is 7.88. The zero-order valence-electron chi connectivity index (χ0n) is 17.2. The summed E-state index contributed by atoms with van der Waals surface area (Å²) >= 11 is 0. The van der Waals surface area contributed by atoms with Crippen molar-refractivity contribution in [2.45, 2.75) is 45.6 Å². The second-order valence-corrected chi connectivity index (χ2v) is 8.10. The summed E-state index contributed by atoms with van der Waals surface area (Å²) in [4.78, 5) is 15.3. The van der Waals surface area contributed by atoms with E-state index < -0.39 is 0 Å². The number of nitrogens with two attached hydrogens (primary N) is 1. The van der Waals surface area contributed by atoms with Gasteiger partial charge >= 0.3 is 0 Å². The number of anilines is 1. The van der Waals surface area contributed by atoms with Crippen LogP contribution < -0.4 is 11.1 Å². The number of nitrogens with zero attached hydrogens (tertiary/aromatic N) is 3. The van der Waals surface area contributed by atoms with Crippen molar-refractivity contribution in [2.24, 2.45) is 24.6 Å². The molecule has 1 aliphatic carbocycles. The molecule has 1 fully saturated rings. The molecule has 0 aromatic carbocycles. The molecule has 2 aliphatic rings. The minimum absolute atomic E-state index is 0.115. The molecule has 0 unspecified atom stereocenters. The molecule has 3 N–H and O–H groups in total. The number of hydrogen-bond donors (Lipinski definition) is 2.